The molecular formula is C27H35F3N4O4S. The van der Waals surface area contributed by atoms with Crippen LogP contribution >= 0.6 is 11.3 Å². The molecule has 3 heterocycles. The van der Waals surface area contributed by atoms with Crippen LogP contribution in [0.5, 0.6) is 5.75 Å². The Labute approximate surface area is 229 Å². The van der Waals surface area contributed by atoms with Crippen molar-refractivity contribution in [2.45, 2.75) is 77.3 Å². The summed E-state index contributed by atoms with van der Waals surface area (Å²) < 4.78 is 54.5. The molecule has 0 spiro atoms. The minimum atomic E-state index is -4.62. The number of alkyl halides is 3. The maximum absolute atomic E-state index is 13.6. The van der Waals surface area contributed by atoms with Gasteiger partial charge in [0.05, 0.1) is 29.5 Å². The molecular weight excluding hydrogens is 533 g/mol. The molecule has 12 heteroatoms. The highest BCUT2D eigenvalue weighted by Crippen LogP contribution is 2.34. The highest BCUT2D eigenvalue weighted by atomic mass is 32.1. The first kappa shape index (κ1) is 29.3. The number of carbonyl (C=O) groups is 1. The molecule has 1 aromatic heterocycles. The van der Waals surface area contributed by atoms with Gasteiger partial charge in [-0.2, -0.15) is 18.2 Å². The number of halogens is 3. The van der Waals surface area contributed by atoms with Crippen LogP contribution in [0.4, 0.5) is 13.2 Å². The van der Waals surface area contributed by atoms with Crippen molar-refractivity contribution in [2.24, 2.45) is 10.1 Å². The van der Waals surface area contributed by atoms with Gasteiger partial charge in [0, 0.05) is 37.3 Å². The number of carbonyl (C=O) groups excluding carboxylic acids is 1. The smallest absolute Gasteiger partial charge is 0.416 e. The van der Waals surface area contributed by atoms with Crippen LogP contribution in [0.3, 0.4) is 0 Å². The molecule has 0 aliphatic carbocycles. The van der Waals surface area contributed by atoms with E-state index >= 15 is 0 Å². The molecule has 1 amide bonds. The summed E-state index contributed by atoms with van der Waals surface area (Å²) in [6.07, 6.45) is -0.533. The maximum atomic E-state index is 13.6. The van der Waals surface area contributed by atoms with Gasteiger partial charge in [-0.3, -0.25) is 9.69 Å². The predicted octanol–water partition coefficient (Wildman–Crippen LogP) is 5.09. The van der Waals surface area contributed by atoms with Crippen LogP contribution in [0.15, 0.2) is 34.5 Å². The van der Waals surface area contributed by atoms with Crippen LogP contribution in [0.2, 0.25) is 0 Å². The molecule has 0 radical (unpaired) electrons. The molecule has 2 atom stereocenters. The summed E-state index contributed by atoms with van der Waals surface area (Å²) in [5.74, 6) is -0.730. The topological polar surface area (TPSA) is 88.7 Å². The van der Waals surface area contributed by atoms with Crippen molar-refractivity contribution in [3.8, 4) is 5.75 Å². The third-order valence-corrected chi connectivity index (χ3v) is 8.21. The molecule has 2 aliphatic heterocycles. The Balaban J connectivity index is 1.67. The van der Waals surface area contributed by atoms with Crippen molar-refractivity contribution < 1.29 is 32.6 Å². The van der Waals surface area contributed by atoms with Crippen LogP contribution in [0.25, 0.3) is 0 Å². The predicted molar refractivity (Wildman–Crippen MR) is 142 cm³/mol. The van der Waals surface area contributed by atoms with Crippen LogP contribution < -0.4 is 9.54 Å². The average molecular weight is 569 g/mol. The molecule has 0 unspecified atom stereocenters. The zero-order valence-corrected chi connectivity index (χ0v) is 23.4. The van der Waals surface area contributed by atoms with Gasteiger partial charge in [0.15, 0.2) is 4.80 Å². The van der Waals surface area contributed by atoms with Crippen LogP contribution in [-0.2, 0) is 22.9 Å². The van der Waals surface area contributed by atoms with E-state index in [1.807, 2.05) is 15.7 Å². The molecule has 1 aromatic carbocycles. The van der Waals surface area contributed by atoms with Crippen LogP contribution in [0.1, 0.15) is 67.8 Å². The minimum absolute atomic E-state index is 0.00116. The first-order valence-electron chi connectivity index (χ1n) is 13.0. The maximum Gasteiger partial charge on any atom is 0.416 e. The first-order chi connectivity index (χ1) is 18.3. The molecule has 39 heavy (non-hydrogen) atoms. The van der Waals surface area contributed by atoms with Crippen molar-refractivity contribution in [1.82, 2.24) is 9.47 Å². The lowest BCUT2D eigenvalue weighted by atomic mass is 9.95. The van der Waals surface area contributed by atoms with E-state index in [2.05, 4.69) is 30.9 Å². The van der Waals surface area contributed by atoms with Crippen LogP contribution in [0, 0.1) is 0 Å². The summed E-state index contributed by atoms with van der Waals surface area (Å²) in [6, 6.07) is 2.94. The molecule has 8 nitrogen and oxygen atoms in total. The molecule has 2 saturated heterocycles. The molecule has 0 bridgehead atoms. The summed E-state index contributed by atoms with van der Waals surface area (Å²) in [5, 5.41) is 12.1. The Kier molecular flexibility index (Phi) is 8.87. The second-order valence-corrected chi connectivity index (χ2v) is 12.1. The average Bonchev–Trinajstić information content (AvgIpc) is 3.61. The lowest BCUT2D eigenvalue weighted by Gasteiger charge is -2.18. The van der Waals surface area contributed by atoms with Gasteiger partial charge in [-0.15, -0.1) is 11.3 Å². The number of ether oxygens (including phenoxy) is 2. The number of likely N-dealkylation sites (tertiary alicyclic amines) is 1. The molecule has 214 valence electrons. The van der Waals surface area contributed by atoms with Gasteiger partial charge < -0.3 is 19.2 Å². The van der Waals surface area contributed by atoms with Gasteiger partial charge in [0.2, 0.25) is 0 Å². The first-order valence-corrected chi connectivity index (χ1v) is 13.8. The summed E-state index contributed by atoms with van der Waals surface area (Å²) in [5.41, 5.74) is -0.824. The summed E-state index contributed by atoms with van der Waals surface area (Å²) >= 11 is 1.35. The number of rotatable bonds is 7. The standard InChI is InChI=1S/C27H35F3N4O4S/c1-17(32-36)13-33-10-9-20(14-33)38-22-8-7-18(27(28,29)30)12-21(22)24(35)31-25-34(15-19-6-5-11-37-19)16-23(39-25)26(2,3)4/h7-8,12,16,19-20,36H,5-6,9-11,13-15H2,1-4H3/t19-,20+/m1/s1. The molecule has 2 fully saturated rings. The molecule has 0 saturated carbocycles. The number of hydrogen-bond donors (Lipinski definition) is 1. The third-order valence-electron chi connectivity index (χ3n) is 6.76. The SMILES string of the molecule is CC(CN1CC[C@H](Oc2ccc(C(F)(F)F)cc2C(=O)N=c2sc(C(C)(C)C)cn2C[C@H]2CCCO2)C1)=NO. The van der Waals surface area contributed by atoms with Crippen molar-refractivity contribution in [3.05, 3.63) is 45.2 Å². The molecule has 1 N–H and O–H groups in total. The Hall–Kier alpha value is -2.70. The molecule has 2 aliphatic rings. The minimum Gasteiger partial charge on any atom is -0.488 e. The van der Waals surface area contributed by atoms with Gasteiger partial charge in [-0.05, 0) is 49.8 Å². The highest BCUT2D eigenvalue weighted by molar-refractivity contribution is 7.09. The normalized spacial score (nSPS) is 21.6. The van der Waals surface area contributed by atoms with E-state index in [0.29, 0.717) is 49.7 Å². The van der Waals surface area contributed by atoms with Gasteiger partial charge in [0.1, 0.15) is 11.9 Å². The quantitative estimate of drug-likeness (QED) is 0.286. The van der Waals surface area contributed by atoms with Crippen molar-refractivity contribution in [3.63, 3.8) is 0 Å². The molecule has 4 rings (SSSR count). The summed E-state index contributed by atoms with van der Waals surface area (Å²) in [7, 11) is 0. The second-order valence-electron chi connectivity index (χ2n) is 11.1. The van der Waals surface area contributed by atoms with Crippen LogP contribution in [-0.4, -0.2) is 64.7 Å². The number of oxime groups is 1. The van der Waals surface area contributed by atoms with Gasteiger partial charge in [-0.1, -0.05) is 25.9 Å². The zero-order valence-electron chi connectivity index (χ0n) is 22.6. The lowest BCUT2D eigenvalue weighted by molar-refractivity contribution is -0.137. The zero-order chi connectivity index (χ0) is 28.4. The van der Waals surface area contributed by atoms with Gasteiger partial charge in [-0.25, -0.2) is 0 Å². The number of benzene rings is 1. The Morgan fingerprint density at radius 1 is 1.26 bits per heavy atom. The fraction of sp³-hybridized carbons (Fsp3) is 0.593. The fourth-order valence-corrected chi connectivity index (χ4v) is 5.70. The largest absolute Gasteiger partial charge is 0.488 e. The summed E-state index contributed by atoms with van der Waals surface area (Å²) in [4.78, 5) is 21.2. The number of nitrogens with zero attached hydrogens (tertiary/aromatic N) is 4. The van der Waals surface area contributed by atoms with Gasteiger partial charge in [0.25, 0.3) is 5.91 Å². The fourth-order valence-electron chi connectivity index (χ4n) is 4.65. The van der Waals surface area contributed by atoms with Gasteiger partial charge >= 0.3 is 6.18 Å². The highest BCUT2D eigenvalue weighted by Gasteiger charge is 2.33. The number of thiazole rings is 1. The Morgan fingerprint density at radius 2 is 2.03 bits per heavy atom. The van der Waals surface area contributed by atoms with E-state index < -0.39 is 17.6 Å². The van der Waals surface area contributed by atoms with Crippen molar-refractivity contribution >= 4 is 23.0 Å². The monoisotopic (exact) mass is 568 g/mol. The lowest BCUT2D eigenvalue weighted by Crippen LogP contribution is -2.29. The van der Waals surface area contributed by atoms with E-state index in [4.69, 9.17) is 14.7 Å². The van der Waals surface area contributed by atoms with Crippen molar-refractivity contribution in [1.29, 1.82) is 0 Å². The molecule has 2 aromatic rings. The number of aromatic nitrogens is 1. The third kappa shape index (κ3) is 7.49. The van der Waals surface area contributed by atoms with E-state index in [0.717, 1.165) is 29.9 Å². The summed E-state index contributed by atoms with van der Waals surface area (Å²) in [6.45, 7) is 10.7. The second kappa shape index (κ2) is 11.8. The van der Waals surface area contributed by atoms with Crippen molar-refractivity contribution in [2.75, 3.05) is 26.2 Å². The van der Waals surface area contributed by atoms with E-state index in [1.165, 1.54) is 17.4 Å². The van der Waals surface area contributed by atoms with E-state index in [1.54, 1.807) is 6.92 Å². The number of hydrogen-bond acceptors (Lipinski definition) is 7. The van der Waals surface area contributed by atoms with E-state index in [-0.39, 0.29) is 28.9 Å². The Morgan fingerprint density at radius 3 is 2.67 bits per heavy atom. The number of amides is 1. The Bertz CT molecular complexity index is 1270. The van der Waals surface area contributed by atoms with E-state index in [9.17, 15) is 18.0 Å².